The molecule has 0 saturated carbocycles. The fourth-order valence-corrected chi connectivity index (χ4v) is 3.15. The minimum atomic E-state index is -0.431. The SMILES string of the molecule is O=[N+]([O-])c1ccc2sc(/C=C/c3cccc(Cl)c3Cl)nc2c1. The molecule has 0 amide bonds. The Kier molecular flexibility index (Phi) is 4.11. The van der Waals surface area contributed by atoms with E-state index in [1.807, 2.05) is 24.3 Å². The molecule has 2 aromatic carbocycles. The third-order valence-electron chi connectivity index (χ3n) is 2.99. The van der Waals surface area contributed by atoms with E-state index in [1.54, 1.807) is 12.1 Å². The Balaban J connectivity index is 1.95. The molecule has 0 bridgehead atoms. The number of aromatic nitrogens is 1. The van der Waals surface area contributed by atoms with E-state index in [4.69, 9.17) is 23.2 Å². The maximum Gasteiger partial charge on any atom is 0.271 e. The Morgan fingerprint density at radius 2 is 2.00 bits per heavy atom. The van der Waals surface area contributed by atoms with Gasteiger partial charge in [-0.1, -0.05) is 41.4 Å². The lowest BCUT2D eigenvalue weighted by molar-refractivity contribution is -0.384. The average Bonchev–Trinajstić information content (AvgIpc) is 2.90. The highest BCUT2D eigenvalue weighted by Crippen LogP contribution is 2.29. The molecule has 0 spiro atoms. The van der Waals surface area contributed by atoms with E-state index in [9.17, 15) is 10.1 Å². The lowest BCUT2D eigenvalue weighted by atomic mass is 10.2. The van der Waals surface area contributed by atoms with Crippen molar-refractivity contribution in [3.05, 3.63) is 67.1 Å². The third-order valence-corrected chi connectivity index (χ3v) is 4.82. The van der Waals surface area contributed by atoms with Crippen LogP contribution in [-0.4, -0.2) is 9.91 Å². The molecule has 0 N–H and O–H groups in total. The minimum Gasteiger partial charge on any atom is -0.258 e. The maximum absolute atomic E-state index is 10.8. The van der Waals surface area contributed by atoms with E-state index in [0.717, 1.165) is 15.3 Å². The predicted octanol–water partition coefficient (Wildman–Crippen LogP) is 5.68. The lowest BCUT2D eigenvalue weighted by Crippen LogP contribution is -1.86. The van der Waals surface area contributed by atoms with E-state index >= 15 is 0 Å². The number of halogens is 2. The molecule has 3 aromatic rings. The first-order valence-electron chi connectivity index (χ1n) is 6.21. The predicted molar refractivity (Wildman–Crippen MR) is 91.7 cm³/mol. The highest BCUT2D eigenvalue weighted by molar-refractivity contribution is 7.19. The van der Waals surface area contributed by atoms with Gasteiger partial charge in [0.2, 0.25) is 0 Å². The number of thiazole rings is 1. The lowest BCUT2D eigenvalue weighted by Gasteiger charge is -1.98. The van der Waals surface area contributed by atoms with Crippen LogP contribution in [0.5, 0.6) is 0 Å². The van der Waals surface area contributed by atoms with Crippen LogP contribution in [0.4, 0.5) is 5.69 Å². The molecule has 110 valence electrons. The first-order valence-corrected chi connectivity index (χ1v) is 7.79. The zero-order valence-corrected chi connectivity index (χ0v) is 13.3. The van der Waals surface area contributed by atoms with E-state index in [0.29, 0.717) is 15.6 Å². The largest absolute Gasteiger partial charge is 0.271 e. The molecule has 3 rings (SSSR count). The summed E-state index contributed by atoms with van der Waals surface area (Å²) in [7, 11) is 0. The molecule has 0 atom stereocenters. The van der Waals surface area contributed by atoms with E-state index in [1.165, 1.54) is 23.5 Å². The van der Waals surface area contributed by atoms with Crippen LogP contribution in [0.25, 0.3) is 22.4 Å². The van der Waals surface area contributed by atoms with E-state index < -0.39 is 4.92 Å². The smallest absolute Gasteiger partial charge is 0.258 e. The molecule has 0 fully saturated rings. The summed E-state index contributed by atoms with van der Waals surface area (Å²) in [6.45, 7) is 0. The minimum absolute atomic E-state index is 0.0335. The third kappa shape index (κ3) is 2.97. The summed E-state index contributed by atoms with van der Waals surface area (Å²) in [5.74, 6) is 0. The van der Waals surface area contributed by atoms with Crippen LogP contribution in [0.1, 0.15) is 10.6 Å². The second kappa shape index (κ2) is 6.04. The summed E-state index contributed by atoms with van der Waals surface area (Å²) in [6, 6.07) is 10.0. The number of nitrogens with zero attached hydrogens (tertiary/aromatic N) is 2. The van der Waals surface area contributed by atoms with Crippen molar-refractivity contribution in [1.82, 2.24) is 4.98 Å². The Hall–Kier alpha value is -1.95. The number of benzene rings is 2. The van der Waals surface area contributed by atoms with Crippen LogP contribution in [0.3, 0.4) is 0 Å². The quantitative estimate of drug-likeness (QED) is 0.450. The molecular formula is C15H8Cl2N2O2S. The summed E-state index contributed by atoms with van der Waals surface area (Å²) in [5, 5.41) is 12.5. The van der Waals surface area contributed by atoms with Crippen LogP contribution in [0.15, 0.2) is 36.4 Å². The molecule has 0 aliphatic heterocycles. The number of non-ortho nitro benzene ring substituents is 1. The fraction of sp³-hybridized carbons (Fsp3) is 0. The van der Waals surface area contributed by atoms with Gasteiger partial charge in [0.05, 0.1) is 25.2 Å². The number of nitro benzene ring substituents is 1. The summed E-state index contributed by atoms with van der Waals surface area (Å²) in [6.07, 6.45) is 3.63. The van der Waals surface area contributed by atoms with Gasteiger partial charge in [-0.25, -0.2) is 4.98 Å². The van der Waals surface area contributed by atoms with Gasteiger partial charge < -0.3 is 0 Å². The van der Waals surface area contributed by atoms with Crippen molar-refractivity contribution in [1.29, 1.82) is 0 Å². The standard InChI is InChI=1S/C15H8Cl2N2O2S/c16-11-3-1-2-9(15(11)17)4-7-14-18-12-8-10(19(20)21)5-6-13(12)22-14/h1-8H/b7-4+. The van der Waals surface area contributed by atoms with E-state index in [2.05, 4.69) is 4.98 Å². The molecule has 0 radical (unpaired) electrons. The second-order valence-corrected chi connectivity index (χ2v) is 6.29. The Morgan fingerprint density at radius 1 is 1.18 bits per heavy atom. The summed E-state index contributed by atoms with van der Waals surface area (Å²) in [5.41, 5.74) is 1.43. The van der Waals surface area contributed by atoms with Gasteiger partial charge in [-0.2, -0.15) is 0 Å². The van der Waals surface area contributed by atoms with E-state index in [-0.39, 0.29) is 5.69 Å². The zero-order chi connectivity index (χ0) is 15.7. The van der Waals surface area contributed by atoms with Crippen LogP contribution >= 0.6 is 34.5 Å². The zero-order valence-electron chi connectivity index (χ0n) is 11.0. The van der Waals surface area contributed by atoms with Gasteiger partial charge in [0.15, 0.2) is 0 Å². The van der Waals surface area contributed by atoms with Gasteiger partial charge in [0.1, 0.15) is 5.01 Å². The Labute approximate surface area is 139 Å². The number of rotatable bonds is 3. The molecule has 0 aliphatic rings. The van der Waals surface area contributed by atoms with Crippen LogP contribution in [0, 0.1) is 10.1 Å². The number of fused-ring (bicyclic) bond motifs is 1. The van der Waals surface area contributed by atoms with Crippen molar-refractivity contribution in [3.63, 3.8) is 0 Å². The molecule has 22 heavy (non-hydrogen) atoms. The van der Waals surface area contributed by atoms with Crippen molar-refractivity contribution >= 4 is 62.6 Å². The molecule has 1 aromatic heterocycles. The maximum atomic E-state index is 10.8. The van der Waals surface area contributed by atoms with Crippen LogP contribution < -0.4 is 0 Å². The number of hydrogen-bond donors (Lipinski definition) is 0. The second-order valence-electron chi connectivity index (χ2n) is 4.44. The molecule has 0 saturated heterocycles. The van der Waals surface area contributed by atoms with Crippen molar-refractivity contribution in [2.75, 3.05) is 0 Å². The highest BCUT2D eigenvalue weighted by Gasteiger charge is 2.09. The topological polar surface area (TPSA) is 56.0 Å². The molecule has 0 aliphatic carbocycles. The number of nitro groups is 1. The first kappa shape index (κ1) is 15.0. The van der Waals surface area contributed by atoms with Gasteiger partial charge in [0, 0.05) is 12.1 Å². The summed E-state index contributed by atoms with van der Waals surface area (Å²) < 4.78 is 0.891. The summed E-state index contributed by atoms with van der Waals surface area (Å²) in [4.78, 5) is 14.7. The van der Waals surface area contributed by atoms with Gasteiger partial charge in [-0.3, -0.25) is 10.1 Å². The normalized spacial score (nSPS) is 11.4. The van der Waals surface area contributed by atoms with Crippen molar-refractivity contribution < 1.29 is 4.92 Å². The Morgan fingerprint density at radius 3 is 2.77 bits per heavy atom. The first-order chi connectivity index (χ1) is 10.5. The summed E-state index contributed by atoms with van der Waals surface area (Å²) >= 11 is 13.5. The Bertz CT molecular complexity index is 906. The molecule has 1 heterocycles. The van der Waals surface area contributed by atoms with Crippen molar-refractivity contribution in [2.24, 2.45) is 0 Å². The molecular weight excluding hydrogens is 343 g/mol. The molecule has 0 unspecified atom stereocenters. The van der Waals surface area contributed by atoms with Gasteiger partial charge in [-0.05, 0) is 23.8 Å². The average molecular weight is 351 g/mol. The van der Waals surface area contributed by atoms with Crippen molar-refractivity contribution in [2.45, 2.75) is 0 Å². The van der Waals surface area contributed by atoms with Gasteiger partial charge >= 0.3 is 0 Å². The number of hydrogen-bond acceptors (Lipinski definition) is 4. The molecule has 4 nitrogen and oxygen atoms in total. The van der Waals surface area contributed by atoms with Crippen LogP contribution in [-0.2, 0) is 0 Å². The van der Waals surface area contributed by atoms with Gasteiger partial charge in [-0.15, -0.1) is 11.3 Å². The van der Waals surface area contributed by atoms with Crippen LogP contribution in [0.2, 0.25) is 10.0 Å². The van der Waals surface area contributed by atoms with Gasteiger partial charge in [0.25, 0.3) is 5.69 Å². The highest BCUT2D eigenvalue weighted by atomic mass is 35.5. The van der Waals surface area contributed by atoms with Crippen molar-refractivity contribution in [3.8, 4) is 0 Å². The monoisotopic (exact) mass is 350 g/mol. The molecule has 7 heteroatoms. The fourth-order valence-electron chi connectivity index (χ4n) is 1.93.